The molecule has 2 aliphatic rings. The number of amides is 1. The first kappa shape index (κ1) is 31.3. The summed E-state index contributed by atoms with van der Waals surface area (Å²) in [6, 6.07) is 6.65. The maximum Gasteiger partial charge on any atom is 0.573 e. The second-order valence-electron chi connectivity index (χ2n) is 9.56. The molecule has 2 aliphatic heterocycles. The van der Waals surface area contributed by atoms with Gasteiger partial charge in [0.1, 0.15) is 17.1 Å². The van der Waals surface area contributed by atoms with E-state index in [1.807, 2.05) is 0 Å². The number of halogens is 5. The molecule has 1 fully saturated rings. The summed E-state index contributed by atoms with van der Waals surface area (Å²) in [6.07, 6.45) is -5.11. The van der Waals surface area contributed by atoms with Gasteiger partial charge in [-0.05, 0) is 48.7 Å². The number of hydrogen-bond acceptors (Lipinski definition) is 8. The van der Waals surface area contributed by atoms with Crippen LogP contribution in [-0.2, 0) is 14.8 Å². The lowest BCUT2D eigenvalue weighted by Gasteiger charge is -2.34. The molecule has 0 bridgehead atoms. The monoisotopic (exact) mass is 619 g/mol. The molecule has 10 nitrogen and oxygen atoms in total. The zero-order valence-corrected chi connectivity index (χ0v) is 22.6. The zero-order valence-electron chi connectivity index (χ0n) is 21.8. The van der Waals surface area contributed by atoms with Crippen LogP contribution >= 0.6 is 0 Å². The Morgan fingerprint density at radius 3 is 2.43 bits per heavy atom. The van der Waals surface area contributed by atoms with Crippen LogP contribution in [0.5, 0.6) is 11.5 Å². The number of sulfonamides is 1. The minimum Gasteiger partial charge on any atom is -0.488 e. The molecular formula is C26H26F5N3O7S. The number of carbonyl (C=O) groups is 1. The van der Waals surface area contributed by atoms with E-state index in [2.05, 4.69) is 15.0 Å². The van der Waals surface area contributed by atoms with Gasteiger partial charge in [0.25, 0.3) is 5.91 Å². The number of ether oxygens (including phenoxy) is 2. The second kappa shape index (κ2) is 12.3. The highest BCUT2D eigenvalue weighted by atomic mass is 32.2. The quantitative estimate of drug-likeness (QED) is 0.348. The predicted molar refractivity (Wildman–Crippen MR) is 139 cm³/mol. The molecule has 0 aliphatic carbocycles. The van der Waals surface area contributed by atoms with Gasteiger partial charge in [-0.3, -0.25) is 9.79 Å². The van der Waals surface area contributed by atoms with Crippen molar-refractivity contribution in [3.8, 4) is 11.5 Å². The van der Waals surface area contributed by atoms with E-state index in [0.717, 1.165) is 40.1 Å². The predicted octanol–water partition coefficient (Wildman–Crippen LogP) is 2.70. The van der Waals surface area contributed by atoms with Crippen molar-refractivity contribution in [1.29, 1.82) is 0 Å². The van der Waals surface area contributed by atoms with Crippen molar-refractivity contribution in [1.82, 2.24) is 9.62 Å². The number of alkyl halides is 3. The molecular weight excluding hydrogens is 593 g/mol. The van der Waals surface area contributed by atoms with E-state index < -0.39 is 63.7 Å². The average Bonchev–Trinajstić information content (AvgIpc) is 3.23. The Morgan fingerprint density at radius 2 is 1.81 bits per heavy atom. The summed E-state index contributed by atoms with van der Waals surface area (Å²) in [4.78, 5) is 17.2. The van der Waals surface area contributed by atoms with Crippen molar-refractivity contribution in [3.05, 3.63) is 64.6 Å². The smallest absolute Gasteiger partial charge is 0.488 e. The number of aliphatic hydroxyl groups is 2. The van der Waals surface area contributed by atoms with Crippen molar-refractivity contribution < 1.29 is 54.9 Å². The number of benzene rings is 2. The molecule has 1 unspecified atom stereocenters. The van der Waals surface area contributed by atoms with Crippen molar-refractivity contribution >= 4 is 27.8 Å². The summed E-state index contributed by atoms with van der Waals surface area (Å²) in [6.45, 7) is -1.05. The van der Waals surface area contributed by atoms with Gasteiger partial charge in [-0.2, -0.15) is 4.31 Å². The molecule has 0 saturated carbocycles. The number of hydrogen-bond donors (Lipinski definition) is 3. The molecule has 1 atom stereocenters. The van der Waals surface area contributed by atoms with Gasteiger partial charge in [-0.1, -0.05) is 12.1 Å². The Morgan fingerprint density at radius 1 is 1.14 bits per heavy atom. The Labute approximate surface area is 237 Å². The lowest BCUT2D eigenvalue weighted by atomic mass is 9.89. The lowest BCUT2D eigenvalue weighted by Crippen LogP contribution is -2.50. The van der Waals surface area contributed by atoms with Gasteiger partial charge in [-0.15, -0.1) is 13.2 Å². The van der Waals surface area contributed by atoms with Crippen LogP contribution in [0.15, 0.2) is 46.8 Å². The number of rotatable bonds is 10. The van der Waals surface area contributed by atoms with E-state index in [1.165, 1.54) is 12.1 Å². The highest BCUT2D eigenvalue weighted by molar-refractivity contribution is 7.92. The first-order valence-electron chi connectivity index (χ1n) is 12.6. The minimum absolute atomic E-state index is 0.0194. The molecule has 1 saturated heterocycles. The fourth-order valence-electron chi connectivity index (χ4n) is 4.40. The van der Waals surface area contributed by atoms with Gasteiger partial charge in [0.15, 0.2) is 17.4 Å². The fourth-order valence-corrected chi connectivity index (χ4v) is 5.59. The molecule has 3 N–H and O–H groups in total. The molecule has 4 rings (SSSR count). The SMILES string of the molecule is O=C1NC(c2cccc(OC(F)(F)F)c2)=NC12CCN(S(=O)(=O)/C=C/c1cc(F)c(OCCC(O)CO)c(F)c1)CC2. The fraction of sp³-hybridized carbons (Fsp3) is 0.385. The van der Waals surface area contributed by atoms with Gasteiger partial charge in [0.05, 0.1) is 19.3 Å². The number of aliphatic imine (C=N–C) groups is 1. The number of carbonyl (C=O) groups excluding carboxylic acids is 1. The highest BCUT2D eigenvalue weighted by Gasteiger charge is 2.47. The molecule has 2 aromatic rings. The normalized spacial score (nSPS) is 18.3. The number of nitrogens with zero attached hydrogens (tertiary/aromatic N) is 2. The minimum atomic E-state index is -4.90. The van der Waals surface area contributed by atoms with Crippen LogP contribution in [-0.4, -0.2) is 79.0 Å². The number of piperidine rings is 1. The first-order chi connectivity index (χ1) is 19.7. The molecule has 0 aromatic heterocycles. The van der Waals surface area contributed by atoms with Crippen LogP contribution in [0.1, 0.15) is 30.4 Å². The largest absolute Gasteiger partial charge is 0.573 e. The Hall–Kier alpha value is -3.60. The Kier molecular flexibility index (Phi) is 9.20. The van der Waals surface area contributed by atoms with Gasteiger partial charge < -0.3 is 25.0 Å². The van der Waals surface area contributed by atoms with E-state index >= 15 is 0 Å². The van der Waals surface area contributed by atoms with E-state index in [-0.39, 0.29) is 55.9 Å². The van der Waals surface area contributed by atoms with Crippen LogP contribution in [0.4, 0.5) is 22.0 Å². The van der Waals surface area contributed by atoms with E-state index in [9.17, 15) is 40.3 Å². The summed E-state index contributed by atoms with van der Waals surface area (Å²) in [5, 5.41) is 21.4. The number of amidine groups is 1. The molecule has 42 heavy (non-hydrogen) atoms. The third-order valence-electron chi connectivity index (χ3n) is 6.59. The molecule has 16 heteroatoms. The molecule has 1 amide bonds. The van der Waals surface area contributed by atoms with Crippen molar-refractivity contribution in [2.75, 3.05) is 26.3 Å². The maximum absolute atomic E-state index is 14.4. The molecule has 2 heterocycles. The third-order valence-corrected chi connectivity index (χ3v) is 8.16. The van der Waals surface area contributed by atoms with Crippen molar-refractivity contribution in [3.63, 3.8) is 0 Å². The van der Waals surface area contributed by atoms with E-state index in [1.54, 1.807) is 0 Å². The summed E-state index contributed by atoms with van der Waals surface area (Å²) in [5.74, 6) is -3.89. The van der Waals surface area contributed by atoms with E-state index in [4.69, 9.17) is 9.84 Å². The summed E-state index contributed by atoms with van der Waals surface area (Å²) >= 11 is 0. The maximum atomic E-state index is 14.4. The number of aliphatic hydroxyl groups excluding tert-OH is 2. The third kappa shape index (κ3) is 7.42. The van der Waals surface area contributed by atoms with Crippen LogP contribution in [0, 0.1) is 11.6 Å². The van der Waals surface area contributed by atoms with Crippen LogP contribution in [0.25, 0.3) is 6.08 Å². The second-order valence-corrected chi connectivity index (χ2v) is 11.4. The first-order valence-corrected chi connectivity index (χ1v) is 14.1. The Bertz CT molecular complexity index is 1470. The van der Waals surface area contributed by atoms with Crippen molar-refractivity contribution in [2.24, 2.45) is 4.99 Å². The highest BCUT2D eigenvalue weighted by Crippen LogP contribution is 2.33. The molecule has 0 radical (unpaired) electrons. The zero-order chi connectivity index (χ0) is 30.7. The van der Waals surface area contributed by atoms with Gasteiger partial charge in [0.2, 0.25) is 10.0 Å². The number of nitrogens with one attached hydrogen (secondary N) is 1. The summed E-state index contributed by atoms with van der Waals surface area (Å²) in [7, 11) is -4.07. The molecule has 2 aromatic carbocycles. The molecule has 1 spiro atoms. The van der Waals surface area contributed by atoms with Gasteiger partial charge >= 0.3 is 6.36 Å². The van der Waals surface area contributed by atoms with Crippen LogP contribution in [0.2, 0.25) is 0 Å². The van der Waals surface area contributed by atoms with Gasteiger partial charge in [-0.25, -0.2) is 17.2 Å². The van der Waals surface area contributed by atoms with Gasteiger partial charge in [0, 0.05) is 30.5 Å². The van der Waals surface area contributed by atoms with Crippen LogP contribution in [0.3, 0.4) is 0 Å². The average molecular weight is 620 g/mol. The van der Waals surface area contributed by atoms with Crippen molar-refractivity contribution in [2.45, 2.75) is 37.3 Å². The Balaban J connectivity index is 1.41. The summed E-state index contributed by atoms with van der Waals surface area (Å²) in [5.41, 5.74) is -1.24. The lowest BCUT2D eigenvalue weighted by molar-refractivity contribution is -0.274. The van der Waals surface area contributed by atoms with Crippen LogP contribution < -0.4 is 14.8 Å². The molecule has 228 valence electrons. The van der Waals surface area contributed by atoms with E-state index in [0.29, 0.717) is 0 Å². The standard InChI is InChI=1S/C26H26F5N3O7S/c27-20-12-16(13-21(28)22(20)40-10-4-18(36)15-35)5-11-42(38,39)34-8-6-25(7-9-34)24(37)32-23(33-25)17-2-1-3-19(14-17)41-26(29,30)31/h1-3,5,11-14,18,35-36H,4,6-10,15H2,(H,32,33,37)/b11-5+. The summed E-state index contributed by atoms with van der Waals surface area (Å²) < 4.78 is 102. The topological polar surface area (TPSA) is 138 Å².